The summed E-state index contributed by atoms with van der Waals surface area (Å²) in [6, 6.07) is 5.20. The number of ether oxygens (including phenoxy) is 1. The number of amides is 1. The molecule has 1 N–H and O–H groups in total. The van der Waals surface area contributed by atoms with Gasteiger partial charge < -0.3 is 15.0 Å². The van der Waals surface area contributed by atoms with Crippen molar-refractivity contribution in [3.63, 3.8) is 0 Å². The van der Waals surface area contributed by atoms with Gasteiger partial charge in [0.05, 0.1) is 28.8 Å². The summed E-state index contributed by atoms with van der Waals surface area (Å²) < 4.78 is 6.15. The Labute approximate surface area is 171 Å². The molecule has 1 aliphatic heterocycles. The molecule has 0 aliphatic carbocycles. The van der Waals surface area contributed by atoms with Crippen molar-refractivity contribution in [3.8, 4) is 0 Å². The fourth-order valence-corrected chi connectivity index (χ4v) is 3.70. The van der Waals surface area contributed by atoms with Crippen LogP contribution in [0.25, 0.3) is 10.9 Å². The summed E-state index contributed by atoms with van der Waals surface area (Å²) >= 11 is 9.88. The number of halogens is 2. The number of Topliss-reactive ketones (excluding diaryl/α,β-unsaturated/α-hetero) is 1. The predicted molar refractivity (Wildman–Crippen MR) is 109 cm³/mol. The highest BCUT2D eigenvalue weighted by molar-refractivity contribution is 9.10. The molecule has 6 nitrogen and oxygen atoms in total. The van der Waals surface area contributed by atoms with Crippen LogP contribution in [0.4, 0.5) is 10.5 Å². The van der Waals surface area contributed by atoms with Crippen molar-refractivity contribution >= 4 is 56.0 Å². The molecule has 2 aromatic rings. The molecular weight excluding hydrogens is 434 g/mol. The van der Waals surface area contributed by atoms with E-state index in [9.17, 15) is 9.59 Å². The van der Waals surface area contributed by atoms with Gasteiger partial charge in [0.2, 0.25) is 0 Å². The van der Waals surface area contributed by atoms with Gasteiger partial charge in [-0.2, -0.15) is 0 Å². The number of fused-ring (bicyclic) bond motifs is 1. The van der Waals surface area contributed by atoms with Crippen LogP contribution in [0.1, 0.15) is 27.2 Å². The summed E-state index contributed by atoms with van der Waals surface area (Å²) in [6.07, 6.45) is 1.50. The van der Waals surface area contributed by atoms with Gasteiger partial charge in [0.25, 0.3) is 0 Å². The van der Waals surface area contributed by atoms with Crippen LogP contribution in [-0.4, -0.2) is 41.6 Å². The molecule has 1 atom stereocenters. The van der Waals surface area contributed by atoms with Crippen LogP contribution in [-0.2, 0) is 9.53 Å². The van der Waals surface area contributed by atoms with Gasteiger partial charge in [0.1, 0.15) is 5.60 Å². The fraction of sp³-hybridized carbons (Fsp3) is 0.421. The minimum Gasteiger partial charge on any atom is -0.444 e. The van der Waals surface area contributed by atoms with Crippen LogP contribution >= 0.6 is 27.5 Å². The Morgan fingerprint density at radius 2 is 2.15 bits per heavy atom. The lowest BCUT2D eigenvalue weighted by atomic mass is 10.0. The molecule has 0 bridgehead atoms. The summed E-state index contributed by atoms with van der Waals surface area (Å²) in [6.45, 7) is 6.09. The van der Waals surface area contributed by atoms with E-state index in [0.29, 0.717) is 18.0 Å². The van der Waals surface area contributed by atoms with Crippen LogP contribution in [0.3, 0.4) is 0 Å². The third kappa shape index (κ3) is 4.71. The Morgan fingerprint density at radius 1 is 1.41 bits per heavy atom. The first-order chi connectivity index (χ1) is 12.6. The van der Waals surface area contributed by atoms with Crippen LogP contribution in [0.15, 0.2) is 28.9 Å². The number of hydrogen-bond donors (Lipinski definition) is 1. The number of anilines is 1. The molecule has 0 radical (unpaired) electrons. The first-order valence-electron chi connectivity index (χ1n) is 8.65. The molecule has 0 spiro atoms. The van der Waals surface area contributed by atoms with Crippen molar-refractivity contribution in [3.05, 3.63) is 33.9 Å². The quantitative estimate of drug-likeness (QED) is 0.731. The summed E-state index contributed by atoms with van der Waals surface area (Å²) in [5.74, 6) is -0.0804. The number of carbonyl (C=O) groups is 2. The van der Waals surface area contributed by atoms with Gasteiger partial charge in [-0.1, -0.05) is 27.5 Å². The van der Waals surface area contributed by atoms with Gasteiger partial charge >= 0.3 is 6.09 Å². The Morgan fingerprint density at radius 3 is 2.81 bits per heavy atom. The van der Waals surface area contributed by atoms with E-state index in [-0.39, 0.29) is 12.3 Å². The number of rotatable bonds is 2. The van der Waals surface area contributed by atoms with Crippen molar-refractivity contribution in [2.24, 2.45) is 0 Å². The van der Waals surface area contributed by atoms with Crippen molar-refractivity contribution in [1.29, 1.82) is 0 Å². The van der Waals surface area contributed by atoms with Crippen molar-refractivity contribution in [2.75, 3.05) is 18.0 Å². The highest BCUT2D eigenvalue weighted by Crippen LogP contribution is 2.35. The maximum Gasteiger partial charge on any atom is 0.408 e. The topological polar surface area (TPSA) is 71.5 Å². The van der Waals surface area contributed by atoms with Crippen molar-refractivity contribution in [2.45, 2.75) is 38.8 Å². The van der Waals surface area contributed by atoms with Crippen molar-refractivity contribution < 1.29 is 14.3 Å². The monoisotopic (exact) mass is 453 g/mol. The number of nitrogens with zero attached hydrogens (tertiary/aromatic N) is 2. The molecule has 27 heavy (non-hydrogen) atoms. The average molecular weight is 455 g/mol. The number of carbonyl (C=O) groups excluding carboxylic acids is 2. The molecular formula is C19H21BrClN3O3. The smallest absolute Gasteiger partial charge is 0.408 e. The lowest BCUT2D eigenvalue weighted by Gasteiger charge is -2.34. The van der Waals surface area contributed by atoms with E-state index < -0.39 is 17.7 Å². The number of pyridine rings is 1. The van der Waals surface area contributed by atoms with Crippen LogP contribution in [0.2, 0.25) is 5.02 Å². The van der Waals surface area contributed by atoms with E-state index in [1.165, 1.54) is 0 Å². The Balaban J connectivity index is 1.78. The molecule has 1 unspecified atom stereocenters. The second-order valence-corrected chi connectivity index (χ2v) is 8.81. The van der Waals surface area contributed by atoms with E-state index in [4.69, 9.17) is 16.3 Å². The zero-order valence-electron chi connectivity index (χ0n) is 15.4. The van der Waals surface area contributed by atoms with Gasteiger partial charge in [0.15, 0.2) is 5.78 Å². The first-order valence-corrected chi connectivity index (χ1v) is 9.82. The van der Waals surface area contributed by atoms with Gasteiger partial charge in [-0.3, -0.25) is 9.78 Å². The molecule has 1 fully saturated rings. The van der Waals surface area contributed by atoms with Gasteiger partial charge in [-0.25, -0.2) is 4.79 Å². The zero-order valence-corrected chi connectivity index (χ0v) is 17.7. The average Bonchev–Trinajstić information content (AvgIpc) is 2.55. The van der Waals surface area contributed by atoms with E-state index >= 15 is 0 Å². The maximum atomic E-state index is 12.6. The van der Waals surface area contributed by atoms with E-state index in [2.05, 4.69) is 26.2 Å². The predicted octanol–water partition coefficient (Wildman–Crippen LogP) is 4.32. The van der Waals surface area contributed by atoms with Gasteiger partial charge in [-0.15, -0.1) is 0 Å². The second kappa shape index (κ2) is 7.64. The Kier molecular flexibility index (Phi) is 5.63. The third-order valence-electron chi connectivity index (χ3n) is 4.19. The molecule has 1 amide bonds. The SMILES string of the molecule is CC(C)(C)OC(=O)NC1CCN(c2c(Cl)cnc3ccc(Br)cc23)CC1=O. The largest absolute Gasteiger partial charge is 0.444 e. The molecule has 2 heterocycles. The van der Waals surface area contributed by atoms with Gasteiger partial charge in [0, 0.05) is 22.6 Å². The maximum absolute atomic E-state index is 12.6. The van der Waals surface area contributed by atoms with Crippen molar-refractivity contribution in [1.82, 2.24) is 10.3 Å². The zero-order chi connectivity index (χ0) is 19.8. The number of aromatic nitrogens is 1. The number of hydrogen-bond acceptors (Lipinski definition) is 5. The molecule has 1 aliphatic rings. The van der Waals surface area contributed by atoms with E-state index in [1.807, 2.05) is 23.1 Å². The van der Waals surface area contributed by atoms with E-state index in [1.54, 1.807) is 27.0 Å². The number of piperidine rings is 1. The normalized spacial score (nSPS) is 17.9. The highest BCUT2D eigenvalue weighted by Gasteiger charge is 2.31. The molecule has 8 heteroatoms. The molecule has 1 aromatic heterocycles. The second-order valence-electron chi connectivity index (χ2n) is 7.49. The lowest BCUT2D eigenvalue weighted by Crippen LogP contribution is -2.52. The molecule has 0 saturated carbocycles. The molecule has 3 rings (SSSR count). The summed E-state index contributed by atoms with van der Waals surface area (Å²) in [5, 5.41) is 4.04. The fourth-order valence-electron chi connectivity index (χ4n) is 3.06. The minimum atomic E-state index is -0.606. The van der Waals surface area contributed by atoms with Crippen LogP contribution < -0.4 is 10.2 Å². The number of nitrogens with one attached hydrogen (secondary N) is 1. The summed E-state index contributed by atoms with van der Waals surface area (Å²) in [4.78, 5) is 30.9. The number of benzene rings is 1. The standard InChI is InChI=1S/C19H21BrClN3O3/c1-19(2,3)27-18(26)23-15-6-7-24(10-16(15)25)17-12-8-11(20)4-5-14(12)22-9-13(17)21/h4-5,8-9,15H,6-7,10H2,1-3H3,(H,23,26). The molecule has 1 saturated heterocycles. The number of ketones is 1. The van der Waals surface area contributed by atoms with Gasteiger partial charge in [-0.05, 0) is 45.4 Å². The lowest BCUT2D eigenvalue weighted by molar-refractivity contribution is -0.120. The highest BCUT2D eigenvalue weighted by atomic mass is 79.9. The Hall–Kier alpha value is -1.86. The minimum absolute atomic E-state index is 0.0804. The summed E-state index contributed by atoms with van der Waals surface area (Å²) in [7, 11) is 0. The third-order valence-corrected chi connectivity index (χ3v) is 4.96. The summed E-state index contributed by atoms with van der Waals surface area (Å²) in [5.41, 5.74) is 0.983. The van der Waals surface area contributed by atoms with E-state index in [0.717, 1.165) is 21.1 Å². The molecule has 1 aromatic carbocycles. The molecule has 144 valence electrons. The Bertz CT molecular complexity index is 892. The first kappa shape index (κ1) is 19.9. The number of alkyl carbamates (subject to hydrolysis) is 1. The van der Waals surface area contributed by atoms with Crippen LogP contribution in [0.5, 0.6) is 0 Å². The van der Waals surface area contributed by atoms with Crippen LogP contribution in [0, 0.1) is 0 Å².